The molecule has 0 saturated heterocycles. The van der Waals surface area contributed by atoms with Gasteiger partial charge in [0.1, 0.15) is 5.75 Å². The lowest BCUT2D eigenvalue weighted by Gasteiger charge is -2.23. The smallest absolute Gasteiger partial charge is 0.455 e. The largest absolute Gasteiger partial charge is 0.456 e. The van der Waals surface area contributed by atoms with Crippen LogP contribution in [0.15, 0.2) is 42.5 Å². The van der Waals surface area contributed by atoms with Gasteiger partial charge in [-0.05, 0) is 29.8 Å². The summed E-state index contributed by atoms with van der Waals surface area (Å²) in [7, 11) is 0. The van der Waals surface area contributed by atoms with Gasteiger partial charge in [0.05, 0.1) is 11.4 Å². The third-order valence-corrected chi connectivity index (χ3v) is 3.41. The molecule has 0 spiro atoms. The van der Waals surface area contributed by atoms with E-state index in [1.807, 2.05) is 0 Å². The molecule has 0 bridgehead atoms. The highest BCUT2D eigenvalue weighted by Gasteiger charge is 2.62. The Hall–Kier alpha value is -2.58. The predicted octanol–water partition coefficient (Wildman–Crippen LogP) is 4.72. The fourth-order valence-corrected chi connectivity index (χ4v) is 2.03. The number of rotatable bonds is 5. The molecule has 9 heteroatoms. The highest BCUT2D eigenvalue weighted by molar-refractivity contribution is 5.71. The van der Waals surface area contributed by atoms with E-state index in [1.54, 1.807) is 6.07 Å². The van der Waals surface area contributed by atoms with E-state index in [2.05, 4.69) is 0 Å². The van der Waals surface area contributed by atoms with Gasteiger partial charge in [0.25, 0.3) is 0 Å². The molecule has 0 fully saturated rings. The van der Waals surface area contributed by atoms with Crippen molar-refractivity contribution in [1.82, 2.24) is 0 Å². The average Bonchev–Trinajstić information content (AvgIpc) is 2.51. The van der Waals surface area contributed by atoms with Gasteiger partial charge < -0.3 is 16.2 Å². The van der Waals surface area contributed by atoms with Crippen LogP contribution in [0.3, 0.4) is 0 Å². The molecule has 0 aromatic heterocycles. The van der Waals surface area contributed by atoms with Crippen LogP contribution in [0.1, 0.15) is 5.56 Å². The van der Waals surface area contributed by atoms with E-state index in [4.69, 9.17) is 16.2 Å². The van der Waals surface area contributed by atoms with Crippen LogP contribution in [-0.2, 0) is 6.42 Å². The van der Waals surface area contributed by atoms with E-state index in [0.717, 1.165) is 6.07 Å². The minimum absolute atomic E-state index is 0.0867. The van der Waals surface area contributed by atoms with Crippen LogP contribution in [0.5, 0.6) is 11.5 Å². The first-order valence-corrected chi connectivity index (χ1v) is 7.01. The van der Waals surface area contributed by atoms with Crippen molar-refractivity contribution < 1.29 is 31.1 Å². The highest BCUT2D eigenvalue weighted by atomic mass is 19.4. The van der Waals surface area contributed by atoms with E-state index >= 15 is 0 Å². The number of anilines is 2. The Morgan fingerprint density at radius 2 is 1.60 bits per heavy atom. The maximum atomic E-state index is 13.5. The Bertz CT molecular complexity index is 748. The number of halogens is 6. The summed E-state index contributed by atoms with van der Waals surface area (Å²) in [6, 6.07) is 9.72. The first-order valence-electron chi connectivity index (χ1n) is 7.01. The first-order chi connectivity index (χ1) is 11.5. The average molecular weight is 364 g/mol. The molecule has 1 unspecified atom stereocenters. The van der Waals surface area contributed by atoms with Crippen molar-refractivity contribution in [2.75, 3.05) is 11.5 Å². The second-order valence-corrected chi connectivity index (χ2v) is 5.30. The monoisotopic (exact) mass is 364 g/mol. The summed E-state index contributed by atoms with van der Waals surface area (Å²) in [5.74, 6) is -5.17. The van der Waals surface area contributed by atoms with Crippen molar-refractivity contribution in [3.8, 4) is 11.5 Å². The summed E-state index contributed by atoms with van der Waals surface area (Å²) in [5.41, 5.74) is 11.6. The number of nitrogens with two attached hydrogens (primary N) is 2. The molecule has 0 aliphatic carbocycles. The van der Waals surface area contributed by atoms with E-state index in [1.165, 1.54) is 30.3 Å². The second kappa shape index (κ2) is 6.73. The molecule has 2 rings (SSSR count). The number of hydrogen-bond acceptors (Lipinski definition) is 3. The highest BCUT2D eigenvalue weighted by Crippen LogP contribution is 2.41. The molecular weight excluding hydrogens is 350 g/mol. The van der Waals surface area contributed by atoms with Crippen molar-refractivity contribution in [3.63, 3.8) is 0 Å². The zero-order valence-electron chi connectivity index (χ0n) is 12.7. The molecule has 0 aliphatic rings. The second-order valence-electron chi connectivity index (χ2n) is 5.30. The van der Waals surface area contributed by atoms with Gasteiger partial charge in [-0.2, -0.15) is 22.0 Å². The van der Waals surface area contributed by atoms with Gasteiger partial charge in [-0.25, -0.2) is 4.39 Å². The molecule has 2 aromatic rings. The number of alkyl halides is 6. The molecule has 0 heterocycles. The van der Waals surface area contributed by atoms with Gasteiger partial charge in [-0.15, -0.1) is 0 Å². The van der Waals surface area contributed by atoms with Gasteiger partial charge in [-0.1, -0.05) is 18.2 Å². The number of para-hydroxylation sites is 1. The normalized spacial score (nSPS) is 13.5. The Morgan fingerprint density at radius 1 is 0.960 bits per heavy atom. The summed E-state index contributed by atoms with van der Waals surface area (Å²) in [4.78, 5) is 0. The van der Waals surface area contributed by atoms with Crippen LogP contribution >= 0.6 is 0 Å². The molecule has 2 aromatic carbocycles. The Morgan fingerprint density at radius 3 is 2.24 bits per heavy atom. The summed E-state index contributed by atoms with van der Waals surface area (Å²) in [5, 5.41) is 0. The van der Waals surface area contributed by atoms with E-state index < -0.39 is 24.7 Å². The van der Waals surface area contributed by atoms with Gasteiger partial charge in [0, 0.05) is 6.42 Å². The topological polar surface area (TPSA) is 61.3 Å². The zero-order valence-corrected chi connectivity index (χ0v) is 12.7. The Labute approximate surface area is 139 Å². The Kier molecular flexibility index (Phi) is 5.05. The number of benzene rings is 2. The Balaban J connectivity index is 2.18. The predicted molar refractivity (Wildman–Crippen MR) is 81.4 cm³/mol. The number of hydrogen-bond donors (Lipinski definition) is 2. The van der Waals surface area contributed by atoms with Crippen molar-refractivity contribution in [1.29, 1.82) is 0 Å². The van der Waals surface area contributed by atoms with Crippen molar-refractivity contribution in [2.24, 2.45) is 0 Å². The van der Waals surface area contributed by atoms with Crippen LogP contribution in [-0.4, -0.2) is 18.3 Å². The van der Waals surface area contributed by atoms with Crippen molar-refractivity contribution in [3.05, 3.63) is 48.0 Å². The minimum atomic E-state index is -5.96. The third kappa shape index (κ3) is 4.09. The fraction of sp³-hybridized carbons (Fsp3) is 0.250. The maximum Gasteiger partial charge on any atom is 0.456 e. The van der Waals surface area contributed by atoms with Gasteiger partial charge in [-0.3, -0.25) is 0 Å². The lowest BCUT2D eigenvalue weighted by atomic mass is 10.0. The van der Waals surface area contributed by atoms with E-state index in [-0.39, 0.29) is 28.4 Å². The summed E-state index contributed by atoms with van der Waals surface area (Å²) in [6.45, 7) is 0. The molecule has 136 valence electrons. The van der Waals surface area contributed by atoms with E-state index in [9.17, 15) is 26.3 Å². The van der Waals surface area contributed by atoms with Crippen LogP contribution in [0.4, 0.5) is 37.7 Å². The zero-order chi connectivity index (χ0) is 18.8. The first kappa shape index (κ1) is 18.8. The van der Waals surface area contributed by atoms with Crippen LogP contribution in [0.25, 0.3) is 0 Å². The molecule has 4 N–H and O–H groups in total. The van der Waals surface area contributed by atoms with E-state index in [0.29, 0.717) is 0 Å². The number of ether oxygens (including phenoxy) is 1. The summed E-state index contributed by atoms with van der Waals surface area (Å²) in [6.07, 6.45) is -10.5. The summed E-state index contributed by atoms with van der Waals surface area (Å²) >= 11 is 0. The lowest BCUT2D eigenvalue weighted by Crippen LogP contribution is -2.45. The summed E-state index contributed by atoms with van der Waals surface area (Å²) < 4.78 is 81.5. The molecule has 1 atom stereocenters. The molecule has 0 saturated carbocycles. The van der Waals surface area contributed by atoms with Gasteiger partial charge >= 0.3 is 12.1 Å². The SMILES string of the molecule is Nc1cccc(Oc2cccc(CC(F)C(F)(F)C(F)(F)F)c2)c1N. The molecule has 0 amide bonds. The quantitative estimate of drug-likeness (QED) is 0.596. The van der Waals surface area contributed by atoms with Crippen LogP contribution < -0.4 is 16.2 Å². The van der Waals surface area contributed by atoms with Crippen molar-refractivity contribution >= 4 is 11.4 Å². The molecule has 25 heavy (non-hydrogen) atoms. The van der Waals surface area contributed by atoms with Crippen LogP contribution in [0, 0.1) is 0 Å². The molecule has 3 nitrogen and oxygen atoms in total. The fourth-order valence-electron chi connectivity index (χ4n) is 2.03. The molecule has 0 radical (unpaired) electrons. The lowest BCUT2D eigenvalue weighted by molar-refractivity contribution is -0.303. The third-order valence-electron chi connectivity index (χ3n) is 3.41. The van der Waals surface area contributed by atoms with Crippen LogP contribution in [0.2, 0.25) is 0 Å². The standard InChI is InChI=1S/C16H14F6N2O/c17-13(15(18,19)16(20,21)22)8-9-3-1-4-10(7-9)25-12-6-2-5-11(23)14(12)24/h1-7,13H,8,23-24H2. The molecule has 0 aliphatic heterocycles. The van der Waals surface area contributed by atoms with Gasteiger partial charge in [0.2, 0.25) is 0 Å². The van der Waals surface area contributed by atoms with Gasteiger partial charge in [0.15, 0.2) is 11.9 Å². The number of nitrogen functional groups attached to an aromatic ring is 2. The van der Waals surface area contributed by atoms with Crippen molar-refractivity contribution in [2.45, 2.75) is 24.7 Å². The maximum absolute atomic E-state index is 13.5. The molecular formula is C16H14F6N2O. The minimum Gasteiger partial charge on any atom is -0.455 e.